The molecule has 2 unspecified atom stereocenters. The van der Waals surface area contributed by atoms with Crippen molar-refractivity contribution in [2.45, 2.75) is 43.9 Å². The second-order valence-electron chi connectivity index (χ2n) is 9.30. The van der Waals surface area contributed by atoms with E-state index in [1.165, 1.54) is 11.1 Å². The molecule has 1 saturated carbocycles. The van der Waals surface area contributed by atoms with Crippen molar-refractivity contribution in [2.24, 2.45) is 5.92 Å². The van der Waals surface area contributed by atoms with Crippen molar-refractivity contribution in [2.75, 3.05) is 26.2 Å². The number of benzene rings is 2. The van der Waals surface area contributed by atoms with E-state index in [1.54, 1.807) is 6.92 Å². The van der Waals surface area contributed by atoms with E-state index < -0.39 is 0 Å². The summed E-state index contributed by atoms with van der Waals surface area (Å²) in [5.41, 5.74) is 3.38. The summed E-state index contributed by atoms with van der Waals surface area (Å²) >= 11 is 0. The summed E-state index contributed by atoms with van der Waals surface area (Å²) in [6.07, 6.45) is 3.67. The first kappa shape index (κ1) is 19.5. The standard InChI is InChI=1S/C26H29NO3/c1-18(28)9-12-27-13-10-26(11-14-27)17-30-24-15-20(7-8-23(24)26)25(29)22-16-21(22)19-5-3-2-4-6-19/h2-8,15,21-22H,9-14,16-17H2,1H3. The molecule has 0 amide bonds. The zero-order valence-corrected chi connectivity index (χ0v) is 17.6. The summed E-state index contributed by atoms with van der Waals surface area (Å²) in [6.45, 7) is 5.22. The maximum Gasteiger partial charge on any atom is 0.166 e. The molecule has 2 fully saturated rings. The van der Waals surface area contributed by atoms with Crippen molar-refractivity contribution in [1.82, 2.24) is 4.90 Å². The molecular formula is C26H29NO3. The van der Waals surface area contributed by atoms with Crippen molar-refractivity contribution in [3.63, 3.8) is 0 Å². The number of carbonyl (C=O) groups is 2. The molecule has 2 heterocycles. The van der Waals surface area contributed by atoms with Crippen LogP contribution in [0, 0.1) is 5.92 Å². The smallest absolute Gasteiger partial charge is 0.166 e. The van der Waals surface area contributed by atoms with Crippen LogP contribution >= 0.6 is 0 Å². The summed E-state index contributed by atoms with van der Waals surface area (Å²) in [5, 5.41) is 0. The van der Waals surface area contributed by atoms with Crippen LogP contribution in [0.15, 0.2) is 48.5 Å². The lowest BCUT2D eigenvalue weighted by atomic mass is 9.74. The molecule has 2 aliphatic heterocycles. The first-order chi connectivity index (χ1) is 14.6. The molecular weight excluding hydrogens is 374 g/mol. The molecule has 0 radical (unpaired) electrons. The van der Waals surface area contributed by atoms with Gasteiger partial charge in [-0.15, -0.1) is 0 Å². The predicted octanol–water partition coefficient (Wildman–Crippen LogP) is 4.38. The van der Waals surface area contributed by atoms with E-state index in [2.05, 4.69) is 23.1 Å². The third-order valence-electron chi connectivity index (χ3n) is 7.29. The van der Waals surface area contributed by atoms with Crippen molar-refractivity contribution in [3.05, 3.63) is 65.2 Å². The lowest BCUT2D eigenvalue weighted by Gasteiger charge is -2.38. The van der Waals surface area contributed by atoms with Crippen molar-refractivity contribution in [1.29, 1.82) is 0 Å². The summed E-state index contributed by atoms with van der Waals surface area (Å²) in [6, 6.07) is 16.5. The van der Waals surface area contributed by atoms with Gasteiger partial charge in [-0.2, -0.15) is 0 Å². The van der Waals surface area contributed by atoms with E-state index in [-0.39, 0.29) is 22.9 Å². The number of piperidine rings is 1. The molecule has 0 N–H and O–H groups in total. The molecule has 2 aromatic carbocycles. The molecule has 2 aromatic rings. The number of ether oxygens (including phenoxy) is 1. The Kier molecular flexibility index (Phi) is 4.98. The number of ketones is 2. The largest absolute Gasteiger partial charge is 0.492 e. The minimum atomic E-state index is 0.0653. The van der Waals surface area contributed by atoms with Gasteiger partial charge < -0.3 is 9.64 Å². The number of Topliss-reactive ketones (excluding diaryl/α,β-unsaturated/α-hetero) is 2. The van der Waals surface area contributed by atoms with Gasteiger partial charge in [0.05, 0.1) is 6.61 Å². The van der Waals surface area contributed by atoms with Gasteiger partial charge in [-0.3, -0.25) is 9.59 Å². The highest BCUT2D eigenvalue weighted by Crippen LogP contribution is 2.50. The molecule has 2 atom stereocenters. The lowest BCUT2D eigenvalue weighted by Crippen LogP contribution is -2.44. The van der Waals surface area contributed by atoms with Crippen LogP contribution in [-0.4, -0.2) is 42.7 Å². The van der Waals surface area contributed by atoms with Gasteiger partial charge in [-0.25, -0.2) is 0 Å². The SMILES string of the molecule is CC(=O)CCN1CCC2(CC1)COc1cc(C(=O)C3CC3c3ccccc3)ccc12. The Balaban J connectivity index is 1.26. The Labute approximate surface area is 178 Å². The third-order valence-corrected chi connectivity index (χ3v) is 7.29. The monoisotopic (exact) mass is 403 g/mol. The Hall–Kier alpha value is -2.46. The van der Waals surface area contributed by atoms with Gasteiger partial charge in [-0.1, -0.05) is 42.5 Å². The minimum absolute atomic E-state index is 0.0653. The average molecular weight is 404 g/mol. The van der Waals surface area contributed by atoms with Crippen LogP contribution in [0.2, 0.25) is 0 Å². The summed E-state index contributed by atoms with van der Waals surface area (Å²) < 4.78 is 6.10. The highest BCUT2D eigenvalue weighted by molar-refractivity contribution is 6.00. The fraction of sp³-hybridized carbons (Fsp3) is 0.462. The molecule has 1 saturated heterocycles. The first-order valence-electron chi connectivity index (χ1n) is 11.1. The van der Waals surface area contributed by atoms with E-state index >= 15 is 0 Å². The number of fused-ring (bicyclic) bond motifs is 2. The van der Waals surface area contributed by atoms with E-state index in [0.29, 0.717) is 18.9 Å². The Morgan fingerprint density at radius 1 is 1.10 bits per heavy atom. The minimum Gasteiger partial charge on any atom is -0.492 e. The molecule has 4 nitrogen and oxygen atoms in total. The second kappa shape index (κ2) is 7.66. The van der Waals surface area contributed by atoms with Gasteiger partial charge in [0.2, 0.25) is 0 Å². The highest BCUT2D eigenvalue weighted by Gasteiger charge is 2.46. The number of nitrogens with zero attached hydrogens (tertiary/aromatic N) is 1. The molecule has 0 bridgehead atoms. The van der Waals surface area contributed by atoms with Crippen LogP contribution in [0.4, 0.5) is 0 Å². The maximum atomic E-state index is 13.0. The van der Waals surface area contributed by atoms with Crippen LogP contribution in [0.5, 0.6) is 5.75 Å². The van der Waals surface area contributed by atoms with Gasteiger partial charge in [0.15, 0.2) is 5.78 Å². The van der Waals surface area contributed by atoms with Gasteiger partial charge in [0.1, 0.15) is 11.5 Å². The fourth-order valence-electron chi connectivity index (χ4n) is 5.23. The van der Waals surface area contributed by atoms with Crippen LogP contribution in [0.1, 0.15) is 60.0 Å². The highest BCUT2D eigenvalue weighted by atomic mass is 16.5. The number of hydrogen-bond donors (Lipinski definition) is 0. The molecule has 0 aromatic heterocycles. The summed E-state index contributed by atoms with van der Waals surface area (Å²) in [7, 11) is 0. The number of hydrogen-bond acceptors (Lipinski definition) is 4. The zero-order chi connectivity index (χ0) is 20.7. The van der Waals surface area contributed by atoms with E-state index in [0.717, 1.165) is 50.2 Å². The van der Waals surface area contributed by atoms with Crippen LogP contribution < -0.4 is 4.74 Å². The van der Waals surface area contributed by atoms with E-state index in [4.69, 9.17) is 4.74 Å². The van der Waals surface area contributed by atoms with Crippen molar-refractivity contribution in [3.8, 4) is 5.75 Å². The van der Waals surface area contributed by atoms with Gasteiger partial charge in [-0.05, 0) is 56.8 Å². The Morgan fingerprint density at radius 3 is 2.60 bits per heavy atom. The predicted molar refractivity (Wildman–Crippen MR) is 116 cm³/mol. The molecule has 1 spiro atoms. The fourth-order valence-corrected chi connectivity index (χ4v) is 5.23. The first-order valence-corrected chi connectivity index (χ1v) is 11.1. The topological polar surface area (TPSA) is 46.6 Å². The zero-order valence-electron chi connectivity index (χ0n) is 17.6. The van der Waals surface area contributed by atoms with Gasteiger partial charge in [0.25, 0.3) is 0 Å². The summed E-state index contributed by atoms with van der Waals surface area (Å²) in [4.78, 5) is 26.7. The molecule has 5 rings (SSSR count). The van der Waals surface area contributed by atoms with Gasteiger partial charge in [0, 0.05) is 35.4 Å². The van der Waals surface area contributed by atoms with E-state index in [9.17, 15) is 9.59 Å². The Bertz CT molecular complexity index is 959. The molecule has 1 aliphatic carbocycles. The van der Waals surface area contributed by atoms with Crippen LogP contribution in [0.3, 0.4) is 0 Å². The Morgan fingerprint density at radius 2 is 1.87 bits per heavy atom. The number of rotatable bonds is 6. The normalized spacial score (nSPS) is 24.3. The quantitative estimate of drug-likeness (QED) is 0.672. The third kappa shape index (κ3) is 3.58. The van der Waals surface area contributed by atoms with Crippen LogP contribution in [-0.2, 0) is 10.2 Å². The lowest BCUT2D eigenvalue weighted by molar-refractivity contribution is -0.117. The molecule has 156 valence electrons. The van der Waals surface area contributed by atoms with Crippen molar-refractivity contribution < 1.29 is 14.3 Å². The molecule has 3 aliphatic rings. The van der Waals surface area contributed by atoms with E-state index in [1.807, 2.05) is 30.3 Å². The maximum absolute atomic E-state index is 13.0. The van der Waals surface area contributed by atoms with Gasteiger partial charge >= 0.3 is 0 Å². The van der Waals surface area contributed by atoms with Crippen LogP contribution in [0.25, 0.3) is 0 Å². The second-order valence-corrected chi connectivity index (χ2v) is 9.30. The summed E-state index contributed by atoms with van der Waals surface area (Å²) in [5.74, 6) is 1.86. The molecule has 30 heavy (non-hydrogen) atoms. The average Bonchev–Trinajstić information content (AvgIpc) is 3.51. The number of likely N-dealkylation sites (tertiary alicyclic amines) is 1. The molecule has 4 heteroatoms. The van der Waals surface area contributed by atoms with Crippen molar-refractivity contribution >= 4 is 11.6 Å². The number of carbonyl (C=O) groups excluding carboxylic acids is 2.